The Labute approximate surface area is 208 Å². The summed E-state index contributed by atoms with van der Waals surface area (Å²) in [4.78, 5) is 37.1. The average molecular weight is 481 g/mol. The zero-order valence-corrected chi connectivity index (χ0v) is 21.1. The monoisotopic (exact) mass is 480 g/mol. The molecule has 2 aromatic heterocycles. The number of aliphatic hydroxyl groups is 1. The van der Waals surface area contributed by atoms with Crippen molar-refractivity contribution in [3.63, 3.8) is 0 Å². The van der Waals surface area contributed by atoms with Crippen molar-refractivity contribution in [3.05, 3.63) is 35.1 Å². The Morgan fingerprint density at radius 1 is 1.17 bits per heavy atom. The molecule has 0 amide bonds. The summed E-state index contributed by atoms with van der Waals surface area (Å²) in [6.45, 7) is 4.23. The Morgan fingerprint density at radius 3 is 2.71 bits per heavy atom. The van der Waals surface area contributed by atoms with Gasteiger partial charge in [-0.1, -0.05) is 51.9 Å². The van der Waals surface area contributed by atoms with E-state index < -0.39 is 5.60 Å². The van der Waals surface area contributed by atoms with Crippen LogP contribution in [0.2, 0.25) is 0 Å². The number of pyridine rings is 1. The number of fused-ring (bicyclic) bond motifs is 1. The van der Waals surface area contributed by atoms with Crippen LogP contribution < -0.4 is 5.56 Å². The van der Waals surface area contributed by atoms with Crippen LogP contribution in [0, 0.1) is 17.3 Å². The van der Waals surface area contributed by atoms with E-state index in [2.05, 4.69) is 21.8 Å². The van der Waals surface area contributed by atoms with E-state index in [0.29, 0.717) is 42.1 Å². The molecule has 7 heteroatoms. The zero-order chi connectivity index (χ0) is 24.5. The van der Waals surface area contributed by atoms with Crippen molar-refractivity contribution in [1.82, 2.24) is 19.4 Å². The highest BCUT2D eigenvalue weighted by Crippen LogP contribution is 2.51. The van der Waals surface area contributed by atoms with Gasteiger partial charge in [-0.3, -0.25) is 24.0 Å². The third-order valence-corrected chi connectivity index (χ3v) is 9.31. The lowest BCUT2D eigenvalue weighted by Gasteiger charge is -2.52. The molecular formula is C28H40N4O3. The van der Waals surface area contributed by atoms with E-state index in [0.717, 1.165) is 38.6 Å². The zero-order valence-electron chi connectivity index (χ0n) is 21.1. The minimum Gasteiger partial charge on any atom is -0.387 e. The molecule has 5 rings (SSSR count). The molecule has 2 saturated carbocycles. The average Bonchev–Trinajstić information content (AvgIpc) is 3.34. The lowest BCUT2D eigenvalue weighted by Crippen LogP contribution is -2.61. The Kier molecular flexibility index (Phi) is 7.09. The molecule has 2 atom stereocenters. The van der Waals surface area contributed by atoms with Crippen molar-refractivity contribution in [2.24, 2.45) is 17.3 Å². The molecule has 3 aliphatic rings. The van der Waals surface area contributed by atoms with Gasteiger partial charge in [0, 0.05) is 36.8 Å². The highest BCUT2D eigenvalue weighted by Gasteiger charge is 2.55. The molecule has 7 nitrogen and oxygen atoms in total. The normalized spacial score (nSPS) is 26.3. The van der Waals surface area contributed by atoms with Crippen LogP contribution in [0.4, 0.5) is 0 Å². The molecule has 0 aromatic carbocycles. The smallest absolute Gasteiger partial charge is 0.262 e. The Hall–Kier alpha value is -2.12. The first-order valence-corrected chi connectivity index (χ1v) is 13.7. The van der Waals surface area contributed by atoms with Crippen LogP contribution in [0.1, 0.15) is 77.6 Å². The Morgan fingerprint density at radius 2 is 1.94 bits per heavy atom. The first kappa shape index (κ1) is 24.6. The van der Waals surface area contributed by atoms with Crippen molar-refractivity contribution in [1.29, 1.82) is 0 Å². The molecule has 0 radical (unpaired) electrons. The third-order valence-electron chi connectivity index (χ3n) is 9.31. The van der Waals surface area contributed by atoms with Gasteiger partial charge >= 0.3 is 0 Å². The summed E-state index contributed by atoms with van der Waals surface area (Å²) in [5.41, 5.74) is -0.807. The van der Waals surface area contributed by atoms with E-state index in [1.165, 1.54) is 32.1 Å². The van der Waals surface area contributed by atoms with Crippen LogP contribution in [0.25, 0.3) is 10.9 Å². The molecule has 1 saturated heterocycles. The van der Waals surface area contributed by atoms with Crippen LogP contribution in [0.5, 0.6) is 0 Å². The van der Waals surface area contributed by atoms with Crippen molar-refractivity contribution in [2.75, 3.05) is 19.6 Å². The fourth-order valence-electron chi connectivity index (χ4n) is 7.15. The number of carbonyl (C=O) groups is 1. The van der Waals surface area contributed by atoms with Crippen LogP contribution in [-0.2, 0) is 11.3 Å². The van der Waals surface area contributed by atoms with Crippen LogP contribution in [0.3, 0.4) is 0 Å². The van der Waals surface area contributed by atoms with E-state index >= 15 is 0 Å². The van der Waals surface area contributed by atoms with Crippen LogP contribution in [-0.4, -0.2) is 55.6 Å². The molecule has 190 valence electrons. The molecule has 2 aromatic rings. The molecular weight excluding hydrogens is 440 g/mol. The number of nitrogens with zero attached hydrogens (tertiary/aromatic N) is 4. The van der Waals surface area contributed by atoms with E-state index in [4.69, 9.17) is 0 Å². The van der Waals surface area contributed by atoms with Crippen molar-refractivity contribution >= 4 is 16.7 Å². The van der Waals surface area contributed by atoms with Gasteiger partial charge in [-0.15, -0.1) is 0 Å². The molecule has 1 N–H and O–H groups in total. The third kappa shape index (κ3) is 4.94. The number of ketones is 1. The van der Waals surface area contributed by atoms with E-state index in [1.807, 2.05) is 0 Å². The number of hydrogen-bond donors (Lipinski definition) is 1. The number of piperidine rings is 1. The van der Waals surface area contributed by atoms with Gasteiger partial charge in [0.15, 0.2) is 0 Å². The molecule has 3 heterocycles. The number of rotatable bonds is 7. The first-order valence-electron chi connectivity index (χ1n) is 13.7. The molecule has 3 fully saturated rings. The predicted octanol–water partition coefficient (Wildman–Crippen LogP) is 3.96. The van der Waals surface area contributed by atoms with E-state index in [1.54, 1.807) is 29.4 Å². The molecule has 1 unspecified atom stereocenters. The fourth-order valence-corrected chi connectivity index (χ4v) is 7.15. The lowest BCUT2D eigenvalue weighted by molar-refractivity contribution is -0.148. The first-order chi connectivity index (χ1) is 16.9. The molecule has 1 aliphatic heterocycles. The van der Waals surface area contributed by atoms with Gasteiger partial charge in [0.2, 0.25) is 0 Å². The predicted molar refractivity (Wildman–Crippen MR) is 136 cm³/mol. The molecule has 1 spiro atoms. The summed E-state index contributed by atoms with van der Waals surface area (Å²) < 4.78 is 1.57. The largest absolute Gasteiger partial charge is 0.387 e. The Bertz CT molecular complexity index is 1100. The second-order valence-electron chi connectivity index (χ2n) is 11.7. The van der Waals surface area contributed by atoms with Crippen LogP contribution in [0.15, 0.2) is 29.6 Å². The SMILES string of the molecule is C[C@H](CC1CCCCC1)C(=O)CN1CCC(O)(Cn2cnc3ccncc3c2=O)C2(CCCC2)C1. The topological polar surface area (TPSA) is 88.3 Å². The maximum Gasteiger partial charge on any atom is 0.262 e. The minimum absolute atomic E-state index is 0.106. The number of aromatic nitrogens is 3. The summed E-state index contributed by atoms with van der Waals surface area (Å²) in [6, 6.07) is 1.74. The van der Waals surface area contributed by atoms with E-state index in [9.17, 15) is 14.7 Å². The number of likely N-dealkylation sites (tertiary alicyclic amines) is 1. The van der Waals surface area contributed by atoms with Crippen molar-refractivity contribution in [3.8, 4) is 0 Å². The molecule has 0 bridgehead atoms. The molecule has 2 aliphatic carbocycles. The maximum atomic E-state index is 13.1. The van der Waals surface area contributed by atoms with Crippen LogP contribution >= 0.6 is 0 Å². The summed E-state index contributed by atoms with van der Waals surface area (Å²) in [5.74, 6) is 1.16. The standard InChI is InChI=1S/C28H40N4O3/c1-21(15-22-7-3-2-4-8-22)25(33)17-31-14-12-28(35,27(18-31)10-5-6-11-27)19-32-20-30-24-9-13-29-16-23(24)26(32)34/h9,13,16,20-22,35H,2-8,10-12,14-15,17-19H2,1H3/t21-,28?/m1/s1. The number of hydrogen-bond acceptors (Lipinski definition) is 6. The highest BCUT2D eigenvalue weighted by molar-refractivity contribution is 5.82. The lowest BCUT2D eigenvalue weighted by atomic mass is 9.65. The second kappa shape index (κ2) is 10.1. The van der Waals surface area contributed by atoms with Gasteiger partial charge in [-0.05, 0) is 37.7 Å². The highest BCUT2D eigenvalue weighted by atomic mass is 16.3. The quantitative estimate of drug-likeness (QED) is 0.645. The van der Waals surface area contributed by atoms with Gasteiger partial charge in [-0.2, -0.15) is 0 Å². The minimum atomic E-state index is -0.988. The second-order valence-corrected chi connectivity index (χ2v) is 11.7. The van der Waals surface area contributed by atoms with Gasteiger partial charge in [0.1, 0.15) is 5.78 Å². The number of carbonyl (C=O) groups excluding carboxylic acids is 1. The van der Waals surface area contributed by atoms with Gasteiger partial charge in [0.25, 0.3) is 5.56 Å². The summed E-state index contributed by atoms with van der Waals surface area (Å²) in [6.07, 6.45) is 16.9. The summed E-state index contributed by atoms with van der Waals surface area (Å²) in [5, 5.41) is 12.5. The van der Waals surface area contributed by atoms with E-state index in [-0.39, 0.29) is 23.4 Å². The summed E-state index contributed by atoms with van der Waals surface area (Å²) >= 11 is 0. The van der Waals surface area contributed by atoms with Crippen molar-refractivity contribution < 1.29 is 9.90 Å². The van der Waals surface area contributed by atoms with Crippen molar-refractivity contribution in [2.45, 2.75) is 89.7 Å². The number of Topliss-reactive ketones (excluding diaryl/α,β-unsaturated/α-hetero) is 1. The Balaban J connectivity index is 1.29. The summed E-state index contributed by atoms with van der Waals surface area (Å²) in [7, 11) is 0. The van der Waals surface area contributed by atoms with Gasteiger partial charge in [-0.25, -0.2) is 4.98 Å². The van der Waals surface area contributed by atoms with Gasteiger partial charge in [0.05, 0.1) is 35.9 Å². The van der Waals surface area contributed by atoms with Gasteiger partial charge < -0.3 is 5.11 Å². The fraction of sp³-hybridized carbons (Fsp3) is 0.714. The maximum absolute atomic E-state index is 13.1. The molecule has 35 heavy (non-hydrogen) atoms.